The van der Waals surface area contributed by atoms with E-state index in [2.05, 4.69) is 11.2 Å². The topological polar surface area (TPSA) is 63.1 Å². The Kier molecular flexibility index (Phi) is 2.62. The molecule has 0 fully saturated rings. The number of hydrogen-bond acceptors (Lipinski definition) is 3. The quantitative estimate of drug-likeness (QED) is 0.691. The highest BCUT2D eigenvalue weighted by molar-refractivity contribution is 5.36. The highest BCUT2D eigenvalue weighted by Crippen LogP contribution is 2.05. The number of nitriles is 1. The molecule has 5 heteroatoms. The maximum atomic E-state index is 12.1. The molecular weight excluding hydrogens is 240 g/mol. The SMILES string of the molecule is N#Cc1ccc(Cn2nc3ccccn3c2=O)cc1. The molecule has 0 unspecified atom stereocenters. The summed E-state index contributed by atoms with van der Waals surface area (Å²) >= 11 is 0. The highest BCUT2D eigenvalue weighted by atomic mass is 16.2. The smallest absolute Gasteiger partial charge is 0.250 e. The summed E-state index contributed by atoms with van der Waals surface area (Å²) in [6, 6.07) is 14.6. The average molecular weight is 250 g/mol. The lowest BCUT2D eigenvalue weighted by Gasteiger charge is -1.99. The zero-order chi connectivity index (χ0) is 13.2. The van der Waals surface area contributed by atoms with Crippen LogP contribution in [0.3, 0.4) is 0 Å². The molecule has 0 bridgehead atoms. The Morgan fingerprint density at radius 3 is 2.63 bits per heavy atom. The molecule has 0 radical (unpaired) electrons. The normalized spacial score (nSPS) is 10.5. The molecule has 0 aliphatic carbocycles. The Balaban J connectivity index is 1.99. The minimum Gasteiger partial charge on any atom is -0.250 e. The van der Waals surface area contributed by atoms with Gasteiger partial charge in [-0.3, -0.25) is 4.40 Å². The van der Waals surface area contributed by atoms with Crippen molar-refractivity contribution in [1.29, 1.82) is 5.26 Å². The largest absolute Gasteiger partial charge is 0.350 e. The van der Waals surface area contributed by atoms with E-state index in [4.69, 9.17) is 5.26 Å². The Bertz CT molecular complexity index is 821. The van der Waals surface area contributed by atoms with Gasteiger partial charge in [0.15, 0.2) is 5.65 Å². The van der Waals surface area contributed by atoms with E-state index in [1.54, 1.807) is 30.5 Å². The average Bonchev–Trinajstić information content (AvgIpc) is 2.77. The fraction of sp³-hybridized carbons (Fsp3) is 0.0714. The Labute approximate surface area is 109 Å². The van der Waals surface area contributed by atoms with E-state index >= 15 is 0 Å². The first-order valence-corrected chi connectivity index (χ1v) is 5.81. The molecule has 3 aromatic rings. The summed E-state index contributed by atoms with van der Waals surface area (Å²) in [6.07, 6.45) is 1.69. The van der Waals surface area contributed by atoms with Crippen molar-refractivity contribution in [2.24, 2.45) is 0 Å². The van der Waals surface area contributed by atoms with Crippen molar-refractivity contribution in [2.45, 2.75) is 6.54 Å². The number of benzene rings is 1. The molecule has 19 heavy (non-hydrogen) atoms. The van der Waals surface area contributed by atoms with Crippen molar-refractivity contribution >= 4 is 5.65 Å². The van der Waals surface area contributed by atoms with Crippen LogP contribution in [0.15, 0.2) is 53.5 Å². The summed E-state index contributed by atoms with van der Waals surface area (Å²) in [5.41, 5.74) is 2.00. The van der Waals surface area contributed by atoms with Crippen LogP contribution >= 0.6 is 0 Å². The Morgan fingerprint density at radius 1 is 1.16 bits per heavy atom. The van der Waals surface area contributed by atoms with Crippen molar-refractivity contribution < 1.29 is 0 Å². The number of nitrogens with zero attached hydrogens (tertiary/aromatic N) is 4. The summed E-state index contributed by atoms with van der Waals surface area (Å²) in [5.74, 6) is 0. The van der Waals surface area contributed by atoms with Gasteiger partial charge in [0.2, 0.25) is 0 Å². The molecule has 0 spiro atoms. The lowest BCUT2D eigenvalue weighted by molar-refractivity contribution is 0.658. The third-order valence-electron chi connectivity index (χ3n) is 2.90. The number of rotatable bonds is 2. The second-order valence-corrected chi connectivity index (χ2v) is 4.18. The van der Waals surface area contributed by atoms with Crippen LogP contribution in [0.4, 0.5) is 0 Å². The molecule has 0 aliphatic heterocycles. The van der Waals surface area contributed by atoms with E-state index in [0.29, 0.717) is 17.8 Å². The van der Waals surface area contributed by atoms with Gasteiger partial charge in [0.1, 0.15) is 0 Å². The van der Waals surface area contributed by atoms with Gasteiger partial charge in [-0.15, -0.1) is 5.10 Å². The number of hydrogen-bond donors (Lipinski definition) is 0. The molecule has 0 aliphatic rings. The highest BCUT2D eigenvalue weighted by Gasteiger charge is 2.06. The maximum Gasteiger partial charge on any atom is 0.350 e. The lowest BCUT2D eigenvalue weighted by atomic mass is 10.1. The van der Waals surface area contributed by atoms with Crippen LogP contribution < -0.4 is 5.69 Å². The fourth-order valence-corrected chi connectivity index (χ4v) is 1.93. The molecule has 2 aromatic heterocycles. The van der Waals surface area contributed by atoms with Gasteiger partial charge < -0.3 is 0 Å². The first-order chi connectivity index (χ1) is 9.28. The minimum absolute atomic E-state index is 0.167. The van der Waals surface area contributed by atoms with Crippen LogP contribution in [0.25, 0.3) is 5.65 Å². The van der Waals surface area contributed by atoms with Crippen molar-refractivity contribution in [3.05, 3.63) is 70.3 Å². The zero-order valence-corrected chi connectivity index (χ0v) is 10.0. The molecule has 0 amide bonds. The van der Waals surface area contributed by atoms with Crippen LogP contribution in [-0.2, 0) is 6.54 Å². The van der Waals surface area contributed by atoms with Crippen LogP contribution in [0, 0.1) is 11.3 Å². The van der Waals surface area contributed by atoms with E-state index in [0.717, 1.165) is 5.56 Å². The first-order valence-electron chi connectivity index (χ1n) is 5.81. The minimum atomic E-state index is -0.167. The second kappa shape index (κ2) is 4.42. The van der Waals surface area contributed by atoms with Crippen molar-refractivity contribution in [1.82, 2.24) is 14.2 Å². The van der Waals surface area contributed by atoms with Crippen molar-refractivity contribution in [3.63, 3.8) is 0 Å². The summed E-state index contributed by atoms with van der Waals surface area (Å²) in [5, 5.41) is 13.0. The monoisotopic (exact) mass is 250 g/mol. The molecule has 0 atom stereocenters. The molecule has 5 nitrogen and oxygen atoms in total. The van der Waals surface area contributed by atoms with E-state index in [1.165, 1.54) is 9.08 Å². The predicted molar refractivity (Wildman–Crippen MR) is 69.7 cm³/mol. The number of fused-ring (bicyclic) bond motifs is 1. The van der Waals surface area contributed by atoms with Gasteiger partial charge in [0, 0.05) is 6.20 Å². The first kappa shape index (κ1) is 11.2. The standard InChI is InChI=1S/C14H10N4O/c15-9-11-4-6-12(7-5-11)10-18-14(19)17-8-2-1-3-13(17)16-18/h1-8H,10H2. The van der Waals surface area contributed by atoms with E-state index in [-0.39, 0.29) is 5.69 Å². The van der Waals surface area contributed by atoms with E-state index in [9.17, 15) is 4.79 Å². The second-order valence-electron chi connectivity index (χ2n) is 4.18. The summed E-state index contributed by atoms with van der Waals surface area (Å²) in [6.45, 7) is 0.395. The van der Waals surface area contributed by atoms with Gasteiger partial charge in [-0.1, -0.05) is 18.2 Å². The van der Waals surface area contributed by atoms with Crippen LogP contribution in [0.2, 0.25) is 0 Å². The molecule has 0 saturated carbocycles. The van der Waals surface area contributed by atoms with Gasteiger partial charge >= 0.3 is 5.69 Å². The fourth-order valence-electron chi connectivity index (χ4n) is 1.93. The lowest BCUT2D eigenvalue weighted by Crippen LogP contribution is -2.21. The van der Waals surface area contributed by atoms with Gasteiger partial charge in [0.05, 0.1) is 18.2 Å². The van der Waals surface area contributed by atoms with Crippen molar-refractivity contribution in [2.75, 3.05) is 0 Å². The summed E-state index contributed by atoms with van der Waals surface area (Å²) in [4.78, 5) is 12.1. The number of pyridine rings is 1. The zero-order valence-electron chi connectivity index (χ0n) is 10.0. The summed E-state index contributed by atoms with van der Waals surface area (Å²) in [7, 11) is 0. The van der Waals surface area contributed by atoms with Crippen LogP contribution in [-0.4, -0.2) is 14.2 Å². The molecule has 0 saturated heterocycles. The third kappa shape index (κ3) is 2.00. The maximum absolute atomic E-state index is 12.1. The third-order valence-corrected chi connectivity index (χ3v) is 2.90. The number of aromatic nitrogens is 3. The Morgan fingerprint density at radius 2 is 1.95 bits per heavy atom. The predicted octanol–water partition coefficient (Wildman–Crippen LogP) is 1.42. The van der Waals surface area contributed by atoms with E-state index < -0.39 is 0 Å². The molecule has 92 valence electrons. The molecular formula is C14H10N4O. The van der Waals surface area contributed by atoms with Gasteiger partial charge in [-0.05, 0) is 29.8 Å². The molecule has 3 rings (SSSR count). The van der Waals surface area contributed by atoms with Gasteiger partial charge in [-0.25, -0.2) is 9.48 Å². The molecule has 1 aromatic carbocycles. The summed E-state index contributed by atoms with van der Waals surface area (Å²) < 4.78 is 2.92. The van der Waals surface area contributed by atoms with Gasteiger partial charge in [0.25, 0.3) is 0 Å². The Hall–Kier alpha value is -2.87. The van der Waals surface area contributed by atoms with Crippen molar-refractivity contribution in [3.8, 4) is 6.07 Å². The molecule has 2 heterocycles. The van der Waals surface area contributed by atoms with Crippen LogP contribution in [0.5, 0.6) is 0 Å². The van der Waals surface area contributed by atoms with E-state index in [1.807, 2.05) is 18.2 Å². The molecule has 0 N–H and O–H groups in total. The van der Waals surface area contributed by atoms with Crippen LogP contribution in [0.1, 0.15) is 11.1 Å². The van der Waals surface area contributed by atoms with Gasteiger partial charge in [-0.2, -0.15) is 5.26 Å².